The SMILES string of the molecule is CC[C]CC(C)C. The fraction of sp³-hybridized carbons (Fsp3) is 0.857. The summed E-state index contributed by atoms with van der Waals surface area (Å²) < 4.78 is 0. The molecule has 0 bridgehead atoms. The van der Waals surface area contributed by atoms with Crippen LogP contribution in [0.5, 0.6) is 0 Å². The van der Waals surface area contributed by atoms with E-state index in [-0.39, 0.29) is 0 Å². The lowest BCUT2D eigenvalue weighted by Crippen LogP contribution is -1.84. The van der Waals surface area contributed by atoms with Crippen molar-refractivity contribution < 1.29 is 0 Å². The van der Waals surface area contributed by atoms with Crippen LogP contribution in [0.3, 0.4) is 0 Å². The number of hydrogen-bond acceptors (Lipinski definition) is 0. The molecule has 0 N–H and O–H groups in total. The molecule has 0 aliphatic heterocycles. The van der Waals surface area contributed by atoms with Gasteiger partial charge in [0.25, 0.3) is 0 Å². The van der Waals surface area contributed by atoms with E-state index < -0.39 is 0 Å². The zero-order chi connectivity index (χ0) is 5.70. The molecule has 0 fully saturated rings. The fourth-order valence-corrected chi connectivity index (χ4v) is 0.433. The summed E-state index contributed by atoms with van der Waals surface area (Å²) in [6, 6.07) is 0. The van der Waals surface area contributed by atoms with Crippen LogP contribution in [0, 0.1) is 12.3 Å². The summed E-state index contributed by atoms with van der Waals surface area (Å²) in [5.74, 6) is 0.792. The molecule has 0 aromatic rings. The smallest absolute Gasteiger partial charge is 0.0174 e. The molecule has 0 aliphatic rings. The molecule has 0 unspecified atom stereocenters. The van der Waals surface area contributed by atoms with Crippen LogP contribution in [0.15, 0.2) is 0 Å². The molecule has 0 saturated carbocycles. The molecule has 0 aliphatic carbocycles. The largest absolute Gasteiger partial charge is 0.0648 e. The summed E-state index contributed by atoms with van der Waals surface area (Å²) in [5.41, 5.74) is 0. The van der Waals surface area contributed by atoms with Gasteiger partial charge in [-0.25, -0.2) is 0 Å². The van der Waals surface area contributed by atoms with E-state index >= 15 is 0 Å². The first-order valence-electron chi connectivity index (χ1n) is 2.98. The van der Waals surface area contributed by atoms with Gasteiger partial charge >= 0.3 is 0 Å². The summed E-state index contributed by atoms with van der Waals surface area (Å²) in [7, 11) is 0. The third kappa shape index (κ3) is 6.00. The maximum atomic E-state index is 3.25. The number of hydrogen-bond donors (Lipinski definition) is 0. The van der Waals surface area contributed by atoms with Crippen LogP contribution in [0.1, 0.15) is 33.6 Å². The van der Waals surface area contributed by atoms with E-state index in [1.165, 1.54) is 0 Å². The Bertz CT molecular complexity index is 29.0. The van der Waals surface area contributed by atoms with Gasteiger partial charge in [0.15, 0.2) is 0 Å². The number of unbranched alkanes of at least 4 members (excludes halogenated alkanes) is 1. The lowest BCUT2D eigenvalue weighted by atomic mass is 10.1. The first-order chi connectivity index (χ1) is 3.27. The van der Waals surface area contributed by atoms with Crippen molar-refractivity contribution in [3.8, 4) is 0 Å². The van der Waals surface area contributed by atoms with Gasteiger partial charge in [-0.1, -0.05) is 20.8 Å². The molecule has 0 aromatic heterocycles. The van der Waals surface area contributed by atoms with Crippen LogP contribution in [0.2, 0.25) is 0 Å². The van der Waals surface area contributed by atoms with Crippen molar-refractivity contribution in [2.45, 2.75) is 33.6 Å². The van der Waals surface area contributed by atoms with Crippen LogP contribution in [0.25, 0.3) is 0 Å². The molecule has 0 heterocycles. The highest BCUT2D eigenvalue weighted by atomic mass is 13.9. The van der Waals surface area contributed by atoms with Crippen LogP contribution in [0.4, 0.5) is 0 Å². The summed E-state index contributed by atoms with van der Waals surface area (Å²) in [6.45, 7) is 6.55. The van der Waals surface area contributed by atoms with Gasteiger partial charge in [0.2, 0.25) is 0 Å². The van der Waals surface area contributed by atoms with Gasteiger partial charge in [-0.15, -0.1) is 0 Å². The van der Waals surface area contributed by atoms with Gasteiger partial charge < -0.3 is 0 Å². The van der Waals surface area contributed by atoms with E-state index in [1.54, 1.807) is 0 Å². The zero-order valence-corrected chi connectivity index (χ0v) is 5.49. The highest BCUT2D eigenvalue weighted by Gasteiger charge is 1.89. The van der Waals surface area contributed by atoms with Gasteiger partial charge in [0, 0.05) is 0 Å². The summed E-state index contributed by atoms with van der Waals surface area (Å²) >= 11 is 0. The molecule has 0 atom stereocenters. The molecule has 0 amide bonds. The molecule has 0 nitrogen and oxygen atoms in total. The predicted octanol–water partition coefficient (Wildman–Crippen LogP) is 2.52. The molecule has 0 saturated heterocycles. The van der Waals surface area contributed by atoms with Crippen LogP contribution in [-0.2, 0) is 0 Å². The Balaban J connectivity index is 2.68. The molecule has 0 spiro atoms. The Hall–Kier alpha value is 0. The van der Waals surface area contributed by atoms with Crippen molar-refractivity contribution in [1.29, 1.82) is 0 Å². The van der Waals surface area contributed by atoms with E-state index in [2.05, 4.69) is 27.2 Å². The Morgan fingerprint density at radius 2 is 2.00 bits per heavy atom. The van der Waals surface area contributed by atoms with Crippen LogP contribution in [-0.4, -0.2) is 0 Å². The third-order valence-electron chi connectivity index (χ3n) is 0.803. The first-order valence-corrected chi connectivity index (χ1v) is 2.98. The molecule has 0 heteroatoms. The van der Waals surface area contributed by atoms with Gasteiger partial charge in [0.05, 0.1) is 0 Å². The van der Waals surface area contributed by atoms with Gasteiger partial charge in [0.1, 0.15) is 0 Å². The maximum Gasteiger partial charge on any atom is -0.0174 e. The fourth-order valence-electron chi connectivity index (χ4n) is 0.433. The standard InChI is InChI=1S/C7H14/c1-4-5-6-7(2)3/h7H,4,6H2,1-3H3. The van der Waals surface area contributed by atoms with E-state index in [9.17, 15) is 0 Å². The molecule has 0 aromatic carbocycles. The Labute approximate surface area is 46.9 Å². The van der Waals surface area contributed by atoms with E-state index in [0.717, 1.165) is 18.8 Å². The minimum absolute atomic E-state index is 0.792. The number of rotatable bonds is 3. The second-order valence-corrected chi connectivity index (χ2v) is 2.20. The van der Waals surface area contributed by atoms with E-state index in [1.807, 2.05) is 0 Å². The predicted molar refractivity (Wildman–Crippen MR) is 33.0 cm³/mol. The average molecular weight is 98.2 g/mol. The molecule has 42 valence electrons. The van der Waals surface area contributed by atoms with E-state index in [4.69, 9.17) is 0 Å². The van der Waals surface area contributed by atoms with Crippen molar-refractivity contribution in [2.24, 2.45) is 5.92 Å². The maximum absolute atomic E-state index is 3.25. The summed E-state index contributed by atoms with van der Waals surface area (Å²) in [4.78, 5) is 0. The minimum Gasteiger partial charge on any atom is -0.0648 e. The van der Waals surface area contributed by atoms with Crippen molar-refractivity contribution in [1.82, 2.24) is 0 Å². The van der Waals surface area contributed by atoms with Crippen molar-refractivity contribution >= 4 is 0 Å². The minimum atomic E-state index is 0.792. The van der Waals surface area contributed by atoms with E-state index in [0.29, 0.717) is 0 Å². The Kier molecular flexibility index (Phi) is 4.17. The summed E-state index contributed by atoms with van der Waals surface area (Å²) in [6.07, 6.45) is 5.49. The Morgan fingerprint density at radius 3 is 2.14 bits per heavy atom. The van der Waals surface area contributed by atoms with Crippen LogP contribution >= 0.6 is 0 Å². The average Bonchev–Trinajstić information content (AvgIpc) is 1.61. The summed E-state index contributed by atoms with van der Waals surface area (Å²) in [5, 5.41) is 0. The molecular weight excluding hydrogens is 84.1 g/mol. The third-order valence-corrected chi connectivity index (χ3v) is 0.803. The van der Waals surface area contributed by atoms with Crippen molar-refractivity contribution in [3.63, 3.8) is 0 Å². The highest BCUT2D eigenvalue weighted by Crippen LogP contribution is 2.03. The first kappa shape index (κ1) is 7.00. The lowest BCUT2D eigenvalue weighted by molar-refractivity contribution is 0.626. The quantitative estimate of drug-likeness (QED) is 0.509. The van der Waals surface area contributed by atoms with Crippen LogP contribution < -0.4 is 0 Å². The normalized spacial score (nSPS) is 10.3. The van der Waals surface area contributed by atoms with Crippen molar-refractivity contribution in [2.75, 3.05) is 0 Å². The molecule has 0 rings (SSSR count). The Morgan fingerprint density at radius 1 is 1.43 bits per heavy atom. The molecule has 2 radical (unpaired) electrons. The molecular formula is C7H14. The monoisotopic (exact) mass is 98.1 g/mol. The highest BCUT2D eigenvalue weighted by molar-refractivity contribution is 4.62. The lowest BCUT2D eigenvalue weighted by Gasteiger charge is -1.98. The van der Waals surface area contributed by atoms with Gasteiger partial charge in [-0.2, -0.15) is 0 Å². The van der Waals surface area contributed by atoms with Gasteiger partial charge in [-0.3, -0.25) is 0 Å². The van der Waals surface area contributed by atoms with Gasteiger partial charge in [-0.05, 0) is 25.2 Å². The van der Waals surface area contributed by atoms with Crippen molar-refractivity contribution in [3.05, 3.63) is 6.42 Å². The topological polar surface area (TPSA) is 0 Å². The molecule has 7 heavy (non-hydrogen) atoms. The second kappa shape index (κ2) is 4.17. The second-order valence-electron chi connectivity index (χ2n) is 2.20. The zero-order valence-electron chi connectivity index (χ0n) is 5.49.